The van der Waals surface area contributed by atoms with Crippen LogP contribution >= 0.6 is 0 Å². The van der Waals surface area contributed by atoms with E-state index in [4.69, 9.17) is 9.15 Å². The zero-order valence-electron chi connectivity index (χ0n) is 18.3. The lowest BCUT2D eigenvalue weighted by Gasteiger charge is -2.12. The number of rotatable bonds is 6. The Morgan fingerprint density at radius 1 is 0.857 bits per heavy atom. The molecule has 10 nitrogen and oxygen atoms in total. The second-order valence-corrected chi connectivity index (χ2v) is 8.90. The van der Waals surface area contributed by atoms with Gasteiger partial charge in [-0.15, -0.1) is 0 Å². The third-order valence-corrected chi connectivity index (χ3v) is 6.27. The van der Waals surface area contributed by atoms with Gasteiger partial charge in [0.15, 0.2) is 11.2 Å². The molecule has 0 atom stereocenters. The lowest BCUT2D eigenvalue weighted by molar-refractivity contribution is 0.0831. The fourth-order valence-corrected chi connectivity index (χ4v) is 4.32. The van der Waals surface area contributed by atoms with Crippen molar-refractivity contribution in [3.05, 3.63) is 100 Å². The number of hydrogen-bond acceptors (Lipinski definition) is 7. The first-order valence-electron chi connectivity index (χ1n) is 10.2. The summed E-state index contributed by atoms with van der Waals surface area (Å²) < 4.78 is 38.6. The molecule has 0 aliphatic rings. The van der Waals surface area contributed by atoms with Gasteiger partial charge in [0.25, 0.3) is 15.9 Å². The molecule has 3 N–H and O–H groups in total. The summed E-state index contributed by atoms with van der Waals surface area (Å²) in [5, 5.41) is 0.313. The molecule has 4 aromatic rings. The van der Waals surface area contributed by atoms with Gasteiger partial charge in [0.1, 0.15) is 11.3 Å². The fraction of sp³-hybridized carbons (Fsp3) is 0.0417. The van der Waals surface area contributed by atoms with Crippen LogP contribution in [0.1, 0.15) is 20.9 Å². The van der Waals surface area contributed by atoms with E-state index < -0.39 is 27.3 Å². The molecule has 0 spiro atoms. The minimum atomic E-state index is -4.05. The van der Waals surface area contributed by atoms with E-state index in [1.807, 2.05) is 0 Å². The average molecular weight is 493 g/mol. The van der Waals surface area contributed by atoms with Gasteiger partial charge in [0.2, 0.25) is 0 Å². The summed E-state index contributed by atoms with van der Waals surface area (Å²) in [6.07, 6.45) is 0. The Morgan fingerprint density at radius 2 is 1.57 bits per heavy atom. The van der Waals surface area contributed by atoms with Crippen LogP contribution in [0.4, 0.5) is 5.69 Å². The Balaban J connectivity index is 1.48. The number of hydrazine groups is 1. The summed E-state index contributed by atoms with van der Waals surface area (Å²) in [6.45, 7) is 0. The standard InChI is InChI=1S/C24H19N3O7S/c1-33-21-12-5-3-10-18(21)27-35(31,32)16-8-6-7-15(13-16)23(29)25-26-24(30)22-14-19(28)17-9-2-4-11-20(17)34-22/h2-14,27H,1H3,(H,25,29)(H,26,30). The molecule has 0 radical (unpaired) electrons. The highest BCUT2D eigenvalue weighted by Gasteiger charge is 2.19. The highest BCUT2D eigenvalue weighted by molar-refractivity contribution is 7.92. The molecule has 1 aromatic heterocycles. The number of hydrogen-bond donors (Lipinski definition) is 3. The fourth-order valence-electron chi connectivity index (χ4n) is 3.20. The number of benzene rings is 3. The second kappa shape index (κ2) is 9.69. The first kappa shape index (κ1) is 23.5. The van der Waals surface area contributed by atoms with Crippen molar-refractivity contribution in [1.29, 1.82) is 0 Å². The van der Waals surface area contributed by atoms with Crippen LogP contribution in [0.5, 0.6) is 5.75 Å². The Labute approximate surface area is 199 Å². The first-order valence-corrected chi connectivity index (χ1v) is 11.7. The van der Waals surface area contributed by atoms with Crippen LogP contribution in [-0.4, -0.2) is 27.3 Å². The van der Waals surface area contributed by atoms with Crippen molar-refractivity contribution in [3.8, 4) is 5.75 Å². The van der Waals surface area contributed by atoms with Crippen LogP contribution in [-0.2, 0) is 10.0 Å². The van der Waals surface area contributed by atoms with Gasteiger partial charge < -0.3 is 9.15 Å². The van der Waals surface area contributed by atoms with Crippen molar-refractivity contribution < 1.29 is 27.2 Å². The van der Waals surface area contributed by atoms with Crippen molar-refractivity contribution >= 4 is 38.5 Å². The van der Waals surface area contributed by atoms with Crippen molar-refractivity contribution in [1.82, 2.24) is 10.9 Å². The minimum Gasteiger partial charge on any atom is -0.495 e. The number of carbonyl (C=O) groups excluding carboxylic acids is 2. The van der Waals surface area contributed by atoms with E-state index in [0.717, 1.165) is 12.1 Å². The lowest BCUT2D eigenvalue weighted by Crippen LogP contribution is -2.41. The van der Waals surface area contributed by atoms with Crippen molar-refractivity contribution in [2.75, 3.05) is 11.8 Å². The Morgan fingerprint density at radius 3 is 2.37 bits per heavy atom. The molecule has 0 saturated heterocycles. The molecule has 1 heterocycles. The van der Waals surface area contributed by atoms with E-state index >= 15 is 0 Å². The smallest absolute Gasteiger partial charge is 0.305 e. The summed E-state index contributed by atoms with van der Waals surface area (Å²) in [7, 11) is -2.64. The van der Waals surface area contributed by atoms with Crippen LogP contribution in [0.15, 0.2) is 93.0 Å². The maximum absolute atomic E-state index is 12.8. The van der Waals surface area contributed by atoms with Gasteiger partial charge in [-0.2, -0.15) is 0 Å². The topological polar surface area (TPSA) is 144 Å². The van der Waals surface area contributed by atoms with Gasteiger partial charge in [-0.25, -0.2) is 8.42 Å². The van der Waals surface area contributed by atoms with E-state index in [1.165, 1.54) is 37.4 Å². The third kappa shape index (κ3) is 5.14. The minimum absolute atomic E-state index is 0.0341. The number of sulfonamides is 1. The van der Waals surface area contributed by atoms with Gasteiger partial charge >= 0.3 is 5.91 Å². The highest BCUT2D eigenvalue weighted by Crippen LogP contribution is 2.26. The molecule has 2 amide bonds. The maximum atomic E-state index is 12.8. The molecule has 11 heteroatoms. The lowest BCUT2D eigenvalue weighted by atomic mass is 10.2. The van der Waals surface area contributed by atoms with Crippen LogP contribution in [0.3, 0.4) is 0 Å². The summed E-state index contributed by atoms with van der Waals surface area (Å²) in [5.74, 6) is -1.61. The number of para-hydroxylation sites is 3. The van der Waals surface area contributed by atoms with E-state index in [2.05, 4.69) is 15.6 Å². The molecular weight excluding hydrogens is 474 g/mol. The SMILES string of the molecule is COc1ccccc1NS(=O)(=O)c1cccc(C(=O)NNC(=O)c2cc(=O)c3ccccc3o2)c1. The predicted molar refractivity (Wildman–Crippen MR) is 128 cm³/mol. The molecule has 0 aliphatic carbocycles. The second-order valence-electron chi connectivity index (χ2n) is 7.21. The Hall–Kier alpha value is -4.64. The summed E-state index contributed by atoms with van der Waals surface area (Å²) in [4.78, 5) is 36.9. The number of nitrogens with one attached hydrogen (secondary N) is 3. The van der Waals surface area contributed by atoms with Gasteiger partial charge in [0.05, 0.1) is 23.1 Å². The predicted octanol–water partition coefficient (Wildman–Crippen LogP) is 2.68. The molecule has 35 heavy (non-hydrogen) atoms. The van der Waals surface area contributed by atoms with E-state index in [0.29, 0.717) is 11.1 Å². The summed E-state index contributed by atoms with van der Waals surface area (Å²) >= 11 is 0. The van der Waals surface area contributed by atoms with Crippen LogP contribution in [0.2, 0.25) is 0 Å². The van der Waals surface area contributed by atoms with E-state index in [-0.39, 0.29) is 27.5 Å². The first-order chi connectivity index (χ1) is 16.8. The Kier molecular flexibility index (Phi) is 6.51. The molecular formula is C24H19N3O7S. The molecule has 0 saturated carbocycles. The van der Waals surface area contributed by atoms with Crippen molar-refractivity contribution in [3.63, 3.8) is 0 Å². The van der Waals surface area contributed by atoms with Gasteiger partial charge in [-0.05, 0) is 42.5 Å². The molecule has 4 rings (SSSR count). The zero-order chi connectivity index (χ0) is 25.0. The molecule has 3 aromatic carbocycles. The third-order valence-electron chi connectivity index (χ3n) is 4.91. The number of anilines is 1. The maximum Gasteiger partial charge on any atom is 0.305 e. The monoisotopic (exact) mass is 493 g/mol. The number of methoxy groups -OCH3 is 1. The van der Waals surface area contributed by atoms with Gasteiger partial charge in [-0.1, -0.05) is 30.3 Å². The van der Waals surface area contributed by atoms with Crippen molar-refractivity contribution in [2.45, 2.75) is 4.90 Å². The average Bonchev–Trinajstić information content (AvgIpc) is 2.87. The molecule has 0 aliphatic heterocycles. The molecule has 0 unspecified atom stereocenters. The summed E-state index contributed by atoms with van der Waals surface area (Å²) in [5.41, 5.74) is 4.33. The largest absolute Gasteiger partial charge is 0.495 e. The van der Waals surface area contributed by atoms with Gasteiger partial charge in [0, 0.05) is 11.6 Å². The van der Waals surface area contributed by atoms with Crippen LogP contribution in [0, 0.1) is 0 Å². The molecule has 0 bridgehead atoms. The number of carbonyl (C=O) groups is 2. The normalized spacial score (nSPS) is 11.0. The Bertz CT molecular complexity index is 1600. The van der Waals surface area contributed by atoms with Gasteiger partial charge in [-0.3, -0.25) is 30.0 Å². The molecule has 0 fully saturated rings. The highest BCUT2D eigenvalue weighted by atomic mass is 32.2. The van der Waals surface area contributed by atoms with Crippen LogP contribution in [0.25, 0.3) is 11.0 Å². The molecule has 178 valence electrons. The van der Waals surface area contributed by atoms with Crippen LogP contribution < -0.4 is 25.7 Å². The number of fused-ring (bicyclic) bond motifs is 1. The zero-order valence-corrected chi connectivity index (χ0v) is 19.1. The van der Waals surface area contributed by atoms with Crippen molar-refractivity contribution in [2.24, 2.45) is 0 Å². The van der Waals surface area contributed by atoms with E-state index in [1.54, 1.807) is 36.4 Å². The number of ether oxygens (including phenoxy) is 1. The quantitative estimate of drug-likeness (QED) is 0.350. The number of amides is 2. The van der Waals surface area contributed by atoms with E-state index in [9.17, 15) is 22.8 Å². The summed E-state index contributed by atoms with van der Waals surface area (Å²) in [6, 6.07) is 19.1.